The minimum Gasteiger partial charge on any atom is -0.493 e. The summed E-state index contributed by atoms with van der Waals surface area (Å²) in [4.78, 5) is 15.6. The van der Waals surface area contributed by atoms with E-state index in [4.69, 9.17) is 25.8 Å². The van der Waals surface area contributed by atoms with E-state index in [0.717, 1.165) is 16.8 Å². The van der Waals surface area contributed by atoms with Gasteiger partial charge >= 0.3 is 0 Å². The van der Waals surface area contributed by atoms with Crippen molar-refractivity contribution in [1.29, 1.82) is 0 Å². The molecule has 0 saturated carbocycles. The predicted molar refractivity (Wildman–Crippen MR) is 153 cm³/mol. The largest absolute Gasteiger partial charge is 0.493 e. The van der Waals surface area contributed by atoms with Crippen LogP contribution in [0.15, 0.2) is 71.8 Å². The summed E-state index contributed by atoms with van der Waals surface area (Å²) in [5.74, 6) is 1.92. The fraction of sp³-hybridized carbons (Fsp3) is 0.214. The van der Waals surface area contributed by atoms with Crippen molar-refractivity contribution in [2.75, 3.05) is 49.1 Å². The molecule has 2 heterocycles. The lowest BCUT2D eigenvalue weighted by molar-refractivity contribution is 0.122. The van der Waals surface area contributed by atoms with Crippen LogP contribution >= 0.6 is 11.6 Å². The maximum absolute atomic E-state index is 13.1. The van der Waals surface area contributed by atoms with Crippen LogP contribution in [0.2, 0.25) is 5.02 Å². The van der Waals surface area contributed by atoms with Crippen LogP contribution in [0, 0.1) is 5.82 Å². The third-order valence-electron chi connectivity index (χ3n) is 5.87. The molecule has 12 heteroatoms. The van der Waals surface area contributed by atoms with Crippen molar-refractivity contribution in [2.45, 2.75) is 6.61 Å². The first-order valence-corrected chi connectivity index (χ1v) is 12.9. The Balaban J connectivity index is 1.29. The third kappa shape index (κ3) is 7.33. The highest BCUT2D eigenvalue weighted by Gasteiger charge is 2.17. The summed E-state index contributed by atoms with van der Waals surface area (Å²) < 4.78 is 30.0. The third-order valence-corrected chi connectivity index (χ3v) is 6.11. The van der Waals surface area contributed by atoms with E-state index in [9.17, 15) is 4.39 Å². The Morgan fingerprint density at radius 3 is 2.58 bits per heavy atom. The van der Waals surface area contributed by atoms with Gasteiger partial charge < -0.3 is 24.4 Å². The summed E-state index contributed by atoms with van der Waals surface area (Å²) in [6.07, 6.45) is 1.62. The zero-order chi connectivity index (χ0) is 27.7. The Hall–Kier alpha value is -4.48. The number of ether oxygens (including phenoxy) is 3. The van der Waals surface area contributed by atoms with Gasteiger partial charge in [0, 0.05) is 23.8 Å². The topological polar surface area (TPSA) is 106 Å². The van der Waals surface area contributed by atoms with Crippen molar-refractivity contribution in [1.82, 2.24) is 15.0 Å². The fourth-order valence-corrected chi connectivity index (χ4v) is 4.05. The average Bonchev–Trinajstić information content (AvgIpc) is 2.97. The van der Waals surface area contributed by atoms with Crippen LogP contribution in [0.4, 0.5) is 27.9 Å². The Morgan fingerprint density at radius 2 is 1.80 bits per heavy atom. The van der Waals surface area contributed by atoms with E-state index in [-0.39, 0.29) is 18.4 Å². The summed E-state index contributed by atoms with van der Waals surface area (Å²) in [7, 11) is 1.56. The summed E-state index contributed by atoms with van der Waals surface area (Å²) in [5, 5.41) is 8.09. The number of aromatic nitrogens is 3. The lowest BCUT2D eigenvalue weighted by Gasteiger charge is -2.27. The van der Waals surface area contributed by atoms with Crippen LogP contribution in [-0.4, -0.2) is 54.6 Å². The molecule has 1 aromatic heterocycles. The molecule has 4 aromatic rings. The number of hydrogen-bond donors (Lipinski definition) is 2. The molecule has 3 aromatic carbocycles. The molecule has 0 amide bonds. The quantitative estimate of drug-likeness (QED) is 0.197. The first kappa shape index (κ1) is 27.1. The van der Waals surface area contributed by atoms with Gasteiger partial charge in [0.25, 0.3) is 0 Å². The highest BCUT2D eigenvalue weighted by Crippen LogP contribution is 2.28. The number of nitrogens with one attached hydrogen (secondary N) is 2. The maximum atomic E-state index is 13.1. The number of hydrogen-bond acceptors (Lipinski definition) is 10. The number of rotatable bonds is 10. The van der Waals surface area contributed by atoms with Crippen molar-refractivity contribution in [3.63, 3.8) is 0 Å². The molecule has 40 heavy (non-hydrogen) atoms. The second-order valence-corrected chi connectivity index (χ2v) is 9.15. The molecule has 0 atom stereocenters. The van der Waals surface area contributed by atoms with Crippen LogP contribution < -0.4 is 25.1 Å². The zero-order valence-corrected chi connectivity index (χ0v) is 22.4. The molecule has 1 aliphatic heterocycles. The Labute approximate surface area is 235 Å². The molecule has 0 unspecified atom stereocenters. The van der Waals surface area contributed by atoms with Gasteiger partial charge in [-0.1, -0.05) is 29.8 Å². The molecule has 0 spiro atoms. The van der Waals surface area contributed by atoms with Gasteiger partial charge in [0.15, 0.2) is 11.5 Å². The molecule has 1 saturated heterocycles. The van der Waals surface area contributed by atoms with Crippen molar-refractivity contribution < 1.29 is 18.6 Å². The Kier molecular flexibility index (Phi) is 8.84. The minimum atomic E-state index is -0.290. The van der Waals surface area contributed by atoms with E-state index in [1.54, 1.807) is 49.7 Å². The van der Waals surface area contributed by atoms with Crippen LogP contribution in [0.25, 0.3) is 0 Å². The zero-order valence-electron chi connectivity index (χ0n) is 21.7. The molecule has 10 nitrogen and oxygen atoms in total. The van der Waals surface area contributed by atoms with Crippen molar-refractivity contribution in [3.8, 4) is 11.5 Å². The van der Waals surface area contributed by atoms with Gasteiger partial charge in [0.05, 0.1) is 26.5 Å². The number of benzene rings is 3. The normalized spacial score (nSPS) is 13.3. The van der Waals surface area contributed by atoms with Crippen LogP contribution in [0.5, 0.6) is 11.5 Å². The average molecular weight is 564 g/mol. The van der Waals surface area contributed by atoms with Crippen LogP contribution in [0.1, 0.15) is 11.1 Å². The van der Waals surface area contributed by atoms with Crippen LogP contribution in [0.3, 0.4) is 0 Å². The molecule has 0 aliphatic carbocycles. The second-order valence-electron chi connectivity index (χ2n) is 8.71. The summed E-state index contributed by atoms with van der Waals surface area (Å²) in [5.41, 5.74) is 5.25. The van der Waals surface area contributed by atoms with Gasteiger partial charge in [-0.25, -0.2) is 9.82 Å². The van der Waals surface area contributed by atoms with Crippen molar-refractivity contribution >= 4 is 41.3 Å². The number of halogens is 2. The standard InChI is InChI=1S/C28H27ClFN7O3/c1-38-25-15-20(7-10-24(25)40-18-19-5-8-22(30)9-6-19)17-31-36-27-33-26(32-23-4-2-3-21(29)16-23)34-28(35-27)37-11-13-39-14-12-37/h2-10,15-17H,11-14,18H2,1H3,(H2,32,33,34,35,36)/b31-17-. The molecule has 206 valence electrons. The maximum Gasteiger partial charge on any atom is 0.250 e. The molecule has 1 aliphatic rings. The van der Waals surface area contributed by atoms with Gasteiger partial charge in [-0.2, -0.15) is 20.1 Å². The van der Waals surface area contributed by atoms with Gasteiger partial charge in [-0.15, -0.1) is 0 Å². The first-order valence-electron chi connectivity index (χ1n) is 12.5. The van der Waals surface area contributed by atoms with Gasteiger partial charge in [-0.3, -0.25) is 0 Å². The van der Waals surface area contributed by atoms with Crippen molar-refractivity contribution in [3.05, 3.63) is 88.7 Å². The highest BCUT2D eigenvalue weighted by atomic mass is 35.5. The van der Waals surface area contributed by atoms with E-state index in [2.05, 4.69) is 30.8 Å². The van der Waals surface area contributed by atoms with Gasteiger partial charge in [0.1, 0.15) is 12.4 Å². The summed E-state index contributed by atoms with van der Waals surface area (Å²) in [6.45, 7) is 2.80. The summed E-state index contributed by atoms with van der Waals surface area (Å²) in [6, 6.07) is 18.9. The predicted octanol–water partition coefficient (Wildman–Crippen LogP) is 5.28. The lowest BCUT2D eigenvalue weighted by Crippen LogP contribution is -2.37. The van der Waals surface area contributed by atoms with Gasteiger partial charge in [-0.05, 0) is 59.7 Å². The molecule has 0 bridgehead atoms. The SMILES string of the molecule is COc1cc(/C=N\Nc2nc(Nc3cccc(Cl)c3)nc(N3CCOCC3)n2)ccc1OCc1ccc(F)cc1. The van der Waals surface area contributed by atoms with Crippen LogP contribution in [-0.2, 0) is 11.3 Å². The smallest absolute Gasteiger partial charge is 0.250 e. The molecular weight excluding hydrogens is 537 g/mol. The monoisotopic (exact) mass is 563 g/mol. The minimum absolute atomic E-state index is 0.267. The number of hydrazone groups is 1. The number of morpholine rings is 1. The molecule has 1 fully saturated rings. The first-order chi connectivity index (χ1) is 19.6. The summed E-state index contributed by atoms with van der Waals surface area (Å²) >= 11 is 6.13. The number of nitrogens with zero attached hydrogens (tertiary/aromatic N) is 5. The fourth-order valence-electron chi connectivity index (χ4n) is 3.86. The van der Waals surface area contributed by atoms with E-state index in [1.807, 2.05) is 23.1 Å². The van der Waals surface area contributed by atoms with E-state index < -0.39 is 0 Å². The number of methoxy groups -OCH3 is 1. The lowest BCUT2D eigenvalue weighted by atomic mass is 10.2. The van der Waals surface area contributed by atoms with Gasteiger partial charge in [0.2, 0.25) is 17.8 Å². The van der Waals surface area contributed by atoms with Crippen molar-refractivity contribution in [2.24, 2.45) is 5.10 Å². The van der Waals surface area contributed by atoms with E-state index >= 15 is 0 Å². The van der Waals surface area contributed by atoms with E-state index in [1.165, 1.54) is 12.1 Å². The second kappa shape index (κ2) is 13.0. The molecular formula is C28H27ClFN7O3. The Bertz CT molecular complexity index is 1470. The number of anilines is 4. The molecule has 0 radical (unpaired) electrons. The Morgan fingerprint density at radius 1 is 1.00 bits per heavy atom. The molecule has 2 N–H and O–H groups in total. The highest BCUT2D eigenvalue weighted by molar-refractivity contribution is 6.30. The molecule has 5 rings (SSSR count). The van der Waals surface area contributed by atoms with E-state index in [0.29, 0.717) is 54.7 Å².